The predicted molar refractivity (Wildman–Crippen MR) is 62.0 cm³/mol. The summed E-state index contributed by atoms with van der Waals surface area (Å²) in [5.74, 6) is 0.665. The van der Waals surface area contributed by atoms with Gasteiger partial charge in [-0.1, -0.05) is 13.8 Å². The van der Waals surface area contributed by atoms with E-state index in [9.17, 15) is 4.39 Å². The lowest BCUT2D eigenvalue weighted by molar-refractivity contribution is 0.568. The summed E-state index contributed by atoms with van der Waals surface area (Å²) in [7, 11) is 0. The van der Waals surface area contributed by atoms with Gasteiger partial charge in [0.25, 0.3) is 0 Å². The van der Waals surface area contributed by atoms with Gasteiger partial charge in [-0.2, -0.15) is 0 Å². The molecule has 1 aromatic rings. The van der Waals surface area contributed by atoms with E-state index in [1.807, 2.05) is 12.3 Å². The minimum Gasteiger partial charge on any atom is -0.254 e. The van der Waals surface area contributed by atoms with Crippen molar-refractivity contribution in [3.8, 4) is 0 Å². The number of thioether (sulfide) groups is 1. The molecule has 1 heterocycles. The van der Waals surface area contributed by atoms with E-state index in [1.165, 1.54) is 11.8 Å². The molecular formula is C12H16FNS. The van der Waals surface area contributed by atoms with Gasteiger partial charge in [-0.25, -0.2) is 4.39 Å². The molecule has 0 aliphatic heterocycles. The van der Waals surface area contributed by atoms with Crippen molar-refractivity contribution in [1.82, 2.24) is 4.98 Å². The highest BCUT2D eigenvalue weighted by Crippen LogP contribution is 2.42. The average molecular weight is 225 g/mol. The monoisotopic (exact) mass is 225 g/mol. The third-order valence-electron chi connectivity index (χ3n) is 2.75. The molecule has 2 rings (SSSR count). The zero-order valence-electron chi connectivity index (χ0n) is 9.38. The van der Waals surface area contributed by atoms with E-state index in [4.69, 9.17) is 0 Å². The van der Waals surface area contributed by atoms with Crippen molar-refractivity contribution in [2.75, 3.05) is 6.26 Å². The quantitative estimate of drug-likeness (QED) is 0.723. The van der Waals surface area contributed by atoms with Crippen molar-refractivity contribution in [2.45, 2.75) is 43.4 Å². The molecule has 0 bridgehead atoms. The molecule has 15 heavy (non-hydrogen) atoms. The van der Waals surface area contributed by atoms with Gasteiger partial charge in [0, 0.05) is 16.5 Å². The molecule has 0 N–H and O–H groups in total. The summed E-state index contributed by atoms with van der Waals surface area (Å²) in [5.41, 5.74) is 1.72. The normalized spacial score (nSPS) is 16.1. The van der Waals surface area contributed by atoms with Gasteiger partial charge < -0.3 is 0 Å². The molecule has 0 aromatic carbocycles. The summed E-state index contributed by atoms with van der Waals surface area (Å²) < 4.78 is 13.9. The third-order valence-corrected chi connectivity index (χ3v) is 3.48. The Balaban J connectivity index is 2.47. The van der Waals surface area contributed by atoms with E-state index in [0.29, 0.717) is 17.5 Å². The Hall–Kier alpha value is -0.570. The zero-order chi connectivity index (χ0) is 11.0. The van der Waals surface area contributed by atoms with Gasteiger partial charge in [-0.05, 0) is 31.1 Å². The minimum absolute atomic E-state index is 0.0885. The SMILES string of the molecule is CSc1cc(C(C)C)nc(C2CC2)c1F. The summed E-state index contributed by atoms with van der Waals surface area (Å²) in [4.78, 5) is 5.20. The van der Waals surface area contributed by atoms with E-state index in [0.717, 1.165) is 23.4 Å². The van der Waals surface area contributed by atoms with Crippen LogP contribution in [-0.4, -0.2) is 11.2 Å². The Kier molecular flexibility index (Phi) is 3.01. The highest BCUT2D eigenvalue weighted by Gasteiger charge is 2.30. The predicted octanol–water partition coefficient (Wildman–Crippen LogP) is 3.94. The average Bonchev–Trinajstić information content (AvgIpc) is 3.01. The molecule has 1 saturated carbocycles. The summed E-state index contributed by atoms with van der Waals surface area (Å²) in [6.07, 6.45) is 4.11. The number of hydrogen-bond acceptors (Lipinski definition) is 2. The first-order valence-electron chi connectivity index (χ1n) is 5.37. The van der Waals surface area contributed by atoms with Crippen LogP contribution in [0.25, 0.3) is 0 Å². The second kappa shape index (κ2) is 4.12. The molecule has 3 heteroatoms. The van der Waals surface area contributed by atoms with Crippen LogP contribution in [0, 0.1) is 5.82 Å². The maximum atomic E-state index is 13.9. The Labute approximate surface area is 94.5 Å². The molecule has 82 valence electrons. The molecule has 1 aliphatic carbocycles. The van der Waals surface area contributed by atoms with Crippen molar-refractivity contribution in [3.05, 3.63) is 23.3 Å². The molecule has 1 fully saturated rings. The van der Waals surface area contributed by atoms with Crippen molar-refractivity contribution < 1.29 is 4.39 Å². The second-order valence-corrected chi connectivity index (χ2v) is 5.23. The van der Waals surface area contributed by atoms with Gasteiger partial charge in [-0.3, -0.25) is 4.98 Å². The van der Waals surface area contributed by atoms with E-state index in [1.54, 1.807) is 0 Å². The Bertz CT molecular complexity index is 372. The minimum atomic E-state index is -0.0885. The maximum Gasteiger partial charge on any atom is 0.158 e. The standard InChI is InChI=1S/C12H16FNS/c1-7(2)9-6-10(15-3)11(13)12(14-9)8-4-5-8/h6-8H,4-5H2,1-3H3. The highest BCUT2D eigenvalue weighted by atomic mass is 32.2. The Morgan fingerprint density at radius 2 is 2.13 bits per heavy atom. The van der Waals surface area contributed by atoms with E-state index in [-0.39, 0.29) is 5.82 Å². The molecule has 0 radical (unpaired) electrons. The highest BCUT2D eigenvalue weighted by molar-refractivity contribution is 7.98. The molecule has 1 aromatic heterocycles. The fourth-order valence-electron chi connectivity index (χ4n) is 1.62. The lowest BCUT2D eigenvalue weighted by Gasteiger charge is -2.11. The Morgan fingerprint density at radius 1 is 1.47 bits per heavy atom. The summed E-state index contributed by atoms with van der Waals surface area (Å²) in [6.45, 7) is 4.20. The Morgan fingerprint density at radius 3 is 2.60 bits per heavy atom. The van der Waals surface area contributed by atoms with Crippen LogP contribution in [0.1, 0.15) is 49.9 Å². The van der Waals surface area contributed by atoms with Crippen LogP contribution in [0.2, 0.25) is 0 Å². The lowest BCUT2D eigenvalue weighted by Crippen LogP contribution is -2.02. The second-order valence-electron chi connectivity index (χ2n) is 4.38. The van der Waals surface area contributed by atoms with Crippen LogP contribution in [0.4, 0.5) is 4.39 Å². The molecule has 0 spiro atoms. The topological polar surface area (TPSA) is 12.9 Å². The molecule has 0 atom stereocenters. The molecule has 1 aliphatic rings. The van der Waals surface area contributed by atoms with Gasteiger partial charge in [0.2, 0.25) is 0 Å². The van der Waals surface area contributed by atoms with Crippen LogP contribution in [-0.2, 0) is 0 Å². The number of aromatic nitrogens is 1. The van der Waals surface area contributed by atoms with Crippen LogP contribution < -0.4 is 0 Å². The summed E-state index contributed by atoms with van der Waals surface area (Å²) in [5, 5.41) is 0. The zero-order valence-corrected chi connectivity index (χ0v) is 10.2. The molecular weight excluding hydrogens is 209 g/mol. The number of nitrogens with zero attached hydrogens (tertiary/aromatic N) is 1. The van der Waals surface area contributed by atoms with Crippen molar-refractivity contribution in [3.63, 3.8) is 0 Å². The molecule has 0 saturated heterocycles. The van der Waals surface area contributed by atoms with Crippen molar-refractivity contribution in [1.29, 1.82) is 0 Å². The van der Waals surface area contributed by atoms with Crippen molar-refractivity contribution in [2.24, 2.45) is 0 Å². The van der Waals surface area contributed by atoms with Gasteiger partial charge in [0.15, 0.2) is 5.82 Å². The first-order valence-corrected chi connectivity index (χ1v) is 6.60. The molecule has 0 unspecified atom stereocenters. The third kappa shape index (κ3) is 2.17. The fourth-order valence-corrected chi connectivity index (χ4v) is 2.14. The summed E-state index contributed by atoms with van der Waals surface area (Å²) >= 11 is 1.47. The molecule has 1 nitrogen and oxygen atoms in total. The van der Waals surface area contributed by atoms with Crippen LogP contribution >= 0.6 is 11.8 Å². The van der Waals surface area contributed by atoms with Gasteiger partial charge in [0.05, 0.1) is 5.69 Å². The number of hydrogen-bond donors (Lipinski definition) is 0. The van der Waals surface area contributed by atoms with Gasteiger partial charge >= 0.3 is 0 Å². The fraction of sp³-hybridized carbons (Fsp3) is 0.583. The largest absolute Gasteiger partial charge is 0.254 e. The number of pyridine rings is 1. The lowest BCUT2D eigenvalue weighted by atomic mass is 10.1. The van der Waals surface area contributed by atoms with Crippen molar-refractivity contribution >= 4 is 11.8 Å². The number of halogens is 1. The first-order chi connectivity index (χ1) is 7.13. The first kappa shape index (κ1) is 10.9. The smallest absolute Gasteiger partial charge is 0.158 e. The van der Waals surface area contributed by atoms with Gasteiger partial charge in [0.1, 0.15) is 0 Å². The van der Waals surface area contributed by atoms with Crippen LogP contribution in [0.3, 0.4) is 0 Å². The summed E-state index contributed by atoms with van der Waals surface area (Å²) in [6, 6.07) is 1.89. The van der Waals surface area contributed by atoms with E-state index in [2.05, 4.69) is 18.8 Å². The van der Waals surface area contributed by atoms with E-state index < -0.39 is 0 Å². The van der Waals surface area contributed by atoms with Gasteiger partial charge in [-0.15, -0.1) is 11.8 Å². The van der Waals surface area contributed by atoms with Crippen LogP contribution in [0.5, 0.6) is 0 Å². The molecule has 0 amide bonds. The number of rotatable bonds is 3. The van der Waals surface area contributed by atoms with Crippen LogP contribution in [0.15, 0.2) is 11.0 Å². The van der Waals surface area contributed by atoms with E-state index >= 15 is 0 Å². The maximum absolute atomic E-state index is 13.9.